The van der Waals surface area contributed by atoms with Crippen LogP contribution in [0.15, 0.2) is 0 Å². The molecule has 2 fully saturated rings. The lowest BCUT2D eigenvalue weighted by atomic mass is 10.2. The third-order valence-electron chi connectivity index (χ3n) is 3.50. The molecule has 2 atom stereocenters. The monoisotopic (exact) mass is 291 g/mol. The first kappa shape index (κ1) is 19.1. The van der Waals surface area contributed by atoms with Crippen molar-refractivity contribution >= 4 is 37.2 Å². The average Bonchev–Trinajstić information content (AvgIpc) is 2.53. The zero-order valence-corrected chi connectivity index (χ0v) is 12.3. The van der Waals surface area contributed by atoms with Crippen molar-refractivity contribution in [3.8, 4) is 0 Å². The molecule has 1 saturated heterocycles. The minimum absolute atomic E-state index is 0. The summed E-state index contributed by atoms with van der Waals surface area (Å²) < 4.78 is 0. The van der Waals surface area contributed by atoms with Gasteiger partial charge in [0.15, 0.2) is 0 Å². The fraction of sp³-hybridized carbons (Fsp3) is 1.00. The second kappa shape index (κ2) is 8.78. The lowest BCUT2D eigenvalue weighted by Gasteiger charge is -2.36. The molecule has 0 radical (unpaired) electrons. The summed E-state index contributed by atoms with van der Waals surface area (Å²) in [7, 11) is 2.21. The van der Waals surface area contributed by atoms with Gasteiger partial charge in [-0.25, -0.2) is 0 Å². The smallest absolute Gasteiger partial charge is 0.0113 e. The molecule has 0 spiro atoms. The molecule has 1 saturated carbocycles. The molecule has 0 amide bonds. The molecule has 1 aliphatic carbocycles. The number of halogens is 3. The topological polar surface area (TPSA) is 32.5 Å². The molecule has 2 rings (SSSR count). The highest BCUT2D eigenvalue weighted by atomic mass is 35.5. The van der Waals surface area contributed by atoms with Gasteiger partial charge in [0.25, 0.3) is 0 Å². The molecule has 2 N–H and O–H groups in total. The van der Waals surface area contributed by atoms with Gasteiger partial charge in [-0.15, -0.1) is 37.2 Å². The summed E-state index contributed by atoms with van der Waals surface area (Å²) in [5.41, 5.74) is 5.92. The SMILES string of the molecule is CN1CCN(C2CCC(N)C2)CC1.Cl.Cl.Cl. The second-order valence-corrected chi connectivity index (χ2v) is 4.57. The Bertz CT molecular complexity index is 175. The maximum absolute atomic E-state index is 5.92. The molecule has 2 aliphatic rings. The molecule has 6 heteroatoms. The van der Waals surface area contributed by atoms with Crippen molar-refractivity contribution < 1.29 is 0 Å². The van der Waals surface area contributed by atoms with Crippen LogP contribution in [0.25, 0.3) is 0 Å². The van der Waals surface area contributed by atoms with Gasteiger partial charge in [0.2, 0.25) is 0 Å². The van der Waals surface area contributed by atoms with E-state index in [1.807, 2.05) is 0 Å². The zero-order chi connectivity index (χ0) is 9.26. The standard InChI is InChI=1S/C10H21N3.3ClH/c1-12-4-6-13(7-5-12)10-3-2-9(11)8-10;;;/h9-10H,2-8,11H2,1H3;3*1H. The van der Waals surface area contributed by atoms with Gasteiger partial charge in [0.05, 0.1) is 0 Å². The van der Waals surface area contributed by atoms with Crippen LogP contribution in [0.2, 0.25) is 0 Å². The normalized spacial score (nSPS) is 31.1. The van der Waals surface area contributed by atoms with Crippen LogP contribution in [0.5, 0.6) is 0 Å². The summed E-state index contributed by atoms with van der Waals surface area (Å²) in [5.74, 6) is 0. The summed E-state index contributed by atoms with van der Waals surface area (Å²) in [6.45, 7) is 4.94. The first-order valence-corrected chi connectivity index (χ1v) is 5.44. The van der Waals surface area contributed by atoms with Gasteiger partial charge in [-0.1, -0.05) is 0 Å². The Morgan fingerprint density at radius 3 is 1.94 bits per heavy atom. The molecule has 0 aromatic heterocycles. The van der Waals surface area contributed by atoms with E-state index in [-0.39, 0.29) is 37.2 Å². The van der Waals surface area contributed by atoms with E-state index in [4.69, 9.17) is 5.73 Å². The van der Waals surface area contributed by atoms with Crippen molar-refractivity contribution in [2.45, 2.75) is 31.3 Å². The number of likely N-dealkylation sites (N-methyl/N-ethyl adjacent to an activating group) is 1. The molecule has 0 aromatic rings. The quantitative estimate of drug-likeness (QED) is 0.792. The summed E-state index contributed by atoms with van der Waals surface area (Å²) >= 11 is 0. The van der Waals surface area contributed by atoms with E-state index in [2.05, 4.69) is 16.8 Å². The van der Waals surface area contributed by atoms with E-state index in [1.54, 1.807) is 0 Å². The number of nitrogens with zero attached hydrogens (tertiary/aromatic N) is 2. The molecule has 1 aliphatic heterocycles. The Morgan fingerprint density at radius 1 is 0.938 bits per heavy atom. The van der Waals surface area contributed by atoms with E-state index < -0.39 is 0 Å². The third kappa shape index (κ3) is 4.94. The van der Waals surface area contributed by atoms with E-state index in [1.165, 1.54) is 45.4 Å². The van der Waals surface area contributed by atoms with Crippen molar-refractivity contribution in [3.05, 3.63) is 0 Å². The fourth-order valence-electron chi connectivity index (χ4n) is 2.51. The molecule has 0 bridgehead atoms. The van der Waals surface area contributed by atoms with Crippen molar-refractivity contribution in [1.82, 2.24) is 9.80 Å². The summed E-state index contributed by atoms with van der Waals surface area (Å²) in [4.78, 5) is 5.04. The second-order valence-electron chi connectivity index (χ2n) is 4.57. The molecule has 0 aromatic carbocycles. The van der Waals surface area contributed by atoms with Crippen molar-refractivity contribution in [1.29, 1.82) is 0 Å². The predicted octanol–water partition coefficient (Wildman–Crippen LogP) is 1.38. The molecular formula is C10H24Cl3N3. The molecule has 3 nitrogen and oxygen atoms in total. The van der Waals surface area contributed by atoms with Gasteiger partial charge < -0.3 is 10.6 Å². The minimum Gasteiger partial charge on any atom is -0.328 e. The van der Waals surface area contributed by atoms with Gasteiger partial charge in [0, 0.05) is 38.3 Å². The lowest BCUT2D eigenvalue weighted by molar-refractivity contribution is 0.113. The first-order valence-electron chi connectivity index (χ1n) is 5.44. The van der Waals surface area contributed by atoms with Crippen LogP contribution in [0.1, 0.15) is 19.3 Å². The highest BCUT2D eigenvalue weighted by Crippen LogP contribution is 2.23. The first-order chi connectivity index (χ1) is 6.25. The Hall–Kier alpha value is 0.750. The molecule has 100 valence electrons. The van der Waals surface area contributed by atoms with E-state index in [9.17, 15) is 0 Å². The van der Waals surface area contributed by atoms with Gasteiger partial charge in [-0.2, -0.15) is 0 Å². The maximum atomic E-state index is 5.92. The van der Waals surface area contributed by atoms with E-state index in [0.29, 0.717) is 6.04 Å². The fourth-order valence-corrected chi connectivity index (χ4v) is 2.51. The predicted molar refractivity (Wildman–Crippen MR) is 76.4 cm³/mol. The van der Waals surface area contributed by atoms with Crippen LogP contribution in [0.4, 0.5) is 0 Å². The highest BCUT2D eigenvalue weighted by Gasteiger charge is 2.28. The number of hydrogen-bond donors (Lipinski definition) is 1. The third-order valence-corrected chi connectivity index (χ3v) is 3.50. The summed E-state index contributed by atoms with van der Waals surface area (Å²) in [5, 5.41) is 0. The van der Waals surface area contributed by atoms with Crippen molar-refractivity contribution in [2.24, 2.45) is 5.73 Å². The molecule has 1 heterocycles. The van der Waals surface area contributed by atoms with Crippen molar-refractivity contribution in [3.63, 3.8) is 0 Å². The number of piperazine rings is 1. The van der Waals surface area contributed by atoms with Gasteiger partial charge in [-0.3, -0.25) is 4.90 Å². The molecular weight excluding hydrogens is 268 g/mol. The van der Waals surface area contributed by atoms with Crippen LogP contribution in [-0.4, -0.2) is 55.1 Å². The highest BCUT2D eigenvalue weighted by molar-refractivity contribution is 5.86. The van der Waals surface area contributed by atoms with Gasteiger partial charge >= 0.3 is 0 Å². The maximum Gasteiger partial charge on any atom is 0.0113 e. The molecule has 16 heavy (non-hydrogen) atoms. The Morgan fingerprint density at radius 2 is 1.50 bits per heavy atom. The summed E-state index contributed by atoms with van der Waals surface area (Å²) in [6, 6.07) is 1.27. The number of hydrogen-bond acceptors (Lipinski definition) is 3. The van der Waals surface area contributed by atoms with Gasteiger partial charge in [-0.05, 0) is 26.3 Å². The van der Waals surface area contributed by atoms with Crippen molar-refractivity contribution in [2.75, 3.05) is 33.2 Å². The zero-order valence-electron chi connectivity index (χ0n) is 9.80. The van der Waals surface area contributed by atoms with E-state index >= 15 is 0 Å². The number of nitrogens with two attached hydrogens (primary N) is 1. The largest absolute Gasteiger partial charge is 0.328 e. The lowest BCUT2D eigenvalue weighted by Crippen LogP contribution is -2.48. The van der Waals surface area contributed by atoms with Crippen LogP contribution < -0.4 is 5.73 Å². The van der Waals surface area contributed by atoms with Crippen LogP contribution in [-0.2, 0) is 0 Å². The number of rotatable bonds is 1. The Balaban J connectivity index is 0. The van der Waals surface area contributed by atoms with Crippen LogP contribution in [0.3, 0.4) is 0 Å². The Kier molecular flexibility index (Phi) is 10.5. The van der Waals surface area contributed by atoms with Crippen LogP contribution in [0, 0.1) is 0 Å². The average molecular weight is 293 g/mol. The van der Waals surface area contributed by atoms with Gasteiger partial charge in [0.1, 0.15) is 0 Å². The Labute approximate surface area is 117 Å². The van der Waals surface area contributed by atoms with E-state index in [0.717, 1.165) is 6.04 Å². The van der Waals surface area contributed by atoms with Crippen LogP contribution >= 0.6 is 37.2 Å². The minimum atomic E-state index is 0. The molecule has 2 unspecified atom stereocenters. The summed E-state index contributed by atoms with van der Waals surface area (Å²) in [6.07, 6.45) is 3.78.